The van der Waals surface area contributed by atoms with E-state index in [-0.39, 0.29) is 12.5 Å². The Labute approximate surface area is 186 Å². The number of hydrogen-bond acceptors (Lipinski definition) is 6. The van der Waals surface area contributed by atoms with Crippen molar-refractivity contribution in [3.8, 4) is 11.4 Å². The van der Waals surface area contributed by atoms with E-state index >= 15 is 0 Å². The summed E-state index contributed by atoms with van der Waals surface area (Å²) in [4.78, 5) is 28.4. The number of aliphatic hydroxyl groups excluding tert-OH is 1. The fourth-order valence-corrected chi connectivity index (χ4v) is 3.85. The van der Waals surface area contributed by atoms with Gasteiger partial charge in [0.25, 0.3) is 5.91 Å². The number of aromatic nitrogens is 5. The molecule has 1 N–H and O–H groups in total. The average Bonchev–Trinajstić information content (AvgIpc) is 3.19. The zero-order valence-corrected chi connectivity index (χ0v) is 18.9. The number of carbonyl (C=O) groups is 1. The number of hydrogen-bond donors (Lipinski definition) is 1. The van der Waals surface area contributed by atoms with Crippen LogP contribution in [-0.4, -0.2) is 48.9 Å². The van der Waals surface area contributed by atoms with E-state index in [2.05, 4.69) is 15.1 Å². The highest BCUT2D eigenvalue weighted by atomic mass is 16.3. The van der Waals surface area contributed by atoms with Crippen LogP contribution in [0.2, 0.25) is 0 Å². The highest BCUT2D eigenvalue weighted by Gasteiger charge is 2.20. The van der Waals surface area contributed by atoms with Crippen LogP contribution in [0, 0.1) is 20.8 Å². The fourth-order valence-electron chi connectivity index (χ4n) is 3.85. The highest BCUT2D eigenvalue weighted by molar-refractivity contribution is 6.05. The van der Waals surface area contributed by atoms with Gasteiger partial charge in [-0.3, -0.25) is 9.48 Å². The van der Waals surface area contributed by atoms with E-state index in [9.17, 15) is 9.90 Å². The summed E-state index contributed by atoms with van der Waals surface area (Å²) in [7, 11) is 1.73. The minimum atomic E-state index is -0.600. The Morgan fingerprint density at radius 3 is 2.62 bits per heavy atom. The predicted molar refractivity (Wildman–Crippen MR) is 124 cm³/mol. The van der Waals surface area contributed by atoms with Crippen molar-refractivity contribution in [2.75, 3.05) is 11.9 Å². The summed E-state index contributed by atoms with van der Waals surface area (Å²) in [6, 6.07) is 9.45. The molecular weight excluding hydrogens is 404 g/mol. The molecule has 0 spiro atoms. The molecule has 4 rings (SSSR count). The number of amides is 1. The van der Waals surface area contributed by atoms with Crippen LogP contribution < -0.4 is 4.90 Å². The Morgan fingerprint density at radius 1 is 1.12 bits per heavy atom. The number of aryl methyl sites for hydroxylation is 3. The molecule has 0 radical (unpaired) electrons. The monoisotopic (exact) mass is 430 g/mol. The van der Waals surface area contributed by atoms with Crippen molar-refractivity contribution < 1.29 is 9.90 Å². The van der Waals surface area contributed by atoms with Crippen molar-refractivity contribution in [3.63, 3.8) is 0 Å². The summed E-state index contributed by atoms with van der Waals surface area (Å²) in [5, 5.41) is 13.8. The number of benzene rings is 1. The molecule has 1 aromatic carbocycles. The first-order valence-corrected chi connectivity index (χ1v) is 10.4. The molecule has 0 fully saturated rings. The summed E-state index contributed by atoms with van der Waals surface area (Å²) in [6.07, 6.45) is 2.71. The summed E-state index contributed by atoms with van der Waals surface area (Å²) < 4.78 is 1.52. The minimum Gasteiger partial charge on any atom is -0.391 e. The number of fused-ring (bicyclic) bond motifs is 1. The molecule has 1 unspecified atom stereocenters. The third kappa shape index (κ3) is 4.09. The van der Waals surface area contributed by atoms with Crippen LogP contribution in [0.3, 0.4) is 0 Å². The molecule has 0 saturated heterocycles. The number of pyridine rings is 1. The van der Waals surface area contributed by atoms with Crippen molar-refractivity contribution in [2.24, 2.45) is 0 Å². The lowest BCUT2D eigenvalue weighted by molar-refractivity contribution is 0.0976. The standard InChI is InChI=1S/C24H26N6O2/c1-14-11-18(23-25-12-19-22(28-23)15(2)10-16(3)27-19)6-7-20(14)29(5)24(32)21-8-9-26-30(21)13-17(4)31/h6-12,17,31H,13H2,1-5H3. The largest absolute Gasteiger partial charge is 0.391 e. The first-order chi connectivity index (χ1) is 15.2. The second-order valence-electron chi connectivity index (χ2n) is 8.12. The molecule has 1 amide bonds. The maximum Gasteiger partial charge on any atom is 0.276 e. The first kappa shape index (κ1) is 21.6. The second kappa shape index (κ2) is 8.47. The van der Waals surface area contributed by atoms with Gasteiger partial charge < -0.3 is 10.0 Å². The summed E-state index contributed by atoms with van der Waals surface area (Å²) in [5.41, 5.74) is 6.60. The van der Waals surface area contributed by atoms with Crippen LogP contribution in [0.15, 0.2) is 42.7 Å². The van der Waals surface area contributed by atoms with Gasteiger partial charge in [-0.25, -0.2) is 15.0 Å². The number of aliphatic hydroxyl groups is 1. The van der Waals surface area contributed by atoms with Crippen molar-refractivity contribution in [1.82, 2.24) is 24.7 Å². The molecule has 0 saturated carbocycles. The van der Waals surface area contributed by atoms with Gasteiger partial charge in [-0.2, -0.15) is 5.10 Å². The van der Waals surface area contributed by atoms with Gasteiger partial charge in [0.05, 0.1) is 24.4 Å². The fraction of sp³-hybridized carbons (Fsp3) is 0.292. The first-order valence-electron chi connectivity index (χ1n) is 10.4. The van der Waals surface area contributed by atoms with Crippen molar-refractivity contribution in [2.45, 2.75) is 40.3 Å². The molecule has 0 aliphatic heterocycles. The molecule has 0 aliphatic rings. The number of nitrogens with zero attached hydrogens (tertiary/aromatic N) is 6. The van der Waals surface area contributed by atoms with Gasteiger partial charge >= 0.3 is 0 Å². The van der Waals surface area contributed by atoms with E-state index in [1.54, 1.807) is 37.3 Å². The molecule has 3 aromatic heterocycles. The van der Waals surface area contributed by atoms with Gasteiger partial charge in [0.1, 0.15) is 11.2 Å². The van der Waals surface area contributed by atoms with Gasteiger partial charge in [-0.1, -0.05) is 0 Å². The Balaban J connectivity index is 1.64. The van der Waals surface area contributed by atoms with Crippen LogP contribution >= 0.6 is 0 Å². The van der Waals surface area contributed by atoms with Crippen molar-refractivity contribution in [3.05, 3.63) is 65.2 Å². The van der Waals surface area contributed by atoms with Gasteiger partial charge in [-0.15, -0.1) is 0 Å². The zero-order valence-electron chi connectivity index (χ0n) is 18.9. The SMILES string of the molecule is Cc1cc(C)c2nc(-c3ccc(N(C)C(=O)c4ccnn4CC(C)O)c(C)c3)ncc2n1. The molecule has 164 valence electrons. The van der Waals surface area contributed by atoms with Crippen LogP contribution in [0.25, 0.3) is 22.4 Å². The maximum atomic E-state index is 13.1. The summed E-state index contributed by atoms with van der Waals surface area (Å²) in [5.74, 6) is 0.419. The van der Waals surface area contributed by atoms with E-state index in [1.165, 1.54) is 4.68 Å². The average molecular weight is 431 g/mol. The molecule has 4 aromatic rings. The van der Waals surface area contributed by atoms with Crippen molar-refractivity contribution >= 4 is 22.6 Å². The molecule has 0 aliphatic carbocycles. The smallest absolute Gasteiger partial charge is 0.276 e. The van der Waals surface area contributed by atoms with Gasteiger partial charge in [-0.05, 0) is 69.2 Å². The maximum absolute atomic E-state index is 13.1. The predicted octanol–water partition coefficient (Wildman–Crippen LogP) is 3.47. The van der Waals surface area contributed by atoms with Crippen molar-refractivity contribution in [1.29, 1.82) is 0 Å². The van der Waals surface area contributed by atoms with Gasteiger partial charge in [0.15, 0.2) is 5.82 Å². The summed E-state index contributed by atoms with van der Waals surface area (Å²) in [6.45, 7) is 7.85. The number of anilines is 1. The van der Waals surface area contributed by atoms with Crippen LogP contribution in [0.4, 0.5) is 5.69 Å². The number of rotatable bonds is 5. The van der Waals surface area contributed by atoms with Crippen LogP contribution in [-0.2, 0) is 6.54 Å². The lowest BCUT2D eigenvalue weighted by Gasteiger charge is -2.21. The Morgan fingerprint density at radius 2 is 1.91 bits per heavy atom. The zero-order chi connectivity index (χ0) is 23.0. The lowest BCUT2D eigenvalue weighted by Crippen LogP contribution is -2.30. The molecule has 0 bridgehead atoms. The molecule has 3 heterocycles. The third-order valence-electron chi connectivity index (χ3n) is 5.36. The molecule has 1 atom stereocenters. The van der Waals surface area contributed by atoms with E-state index in [1.807, 2.05) is 45.0 Å². The Hall–Kier alpha value is -3.65. The topological polar surface area (TPSA) is 97.0 Å². The minimum absolute atomic E-state index is 0.196. The Kier molecular flexibility index (Phi) is 5.71. The number of carbonyl (C=O) groups excluding carboxylic acids is 1. The van der Waals surface area contributed by atoms with Gasteiger partial charge in [0, 0.05) is 30.2 Å². The quantitative estimate of drug-likeness (QED) is 0.521. The van der Waals surface area contributed by atoms with E-state index < -0.39 is 6.10 Å². The molecular formula is C24H26N6O2. The van der Waals surface area contributed by atoms with E-state index in [4.69, 9.17) is 4.98 Å². The Bertz CT molecular complexity index is 1310. The van der Waals surface area contributed by atoms with Crippen LogP contribution in [0.1, 0.15) is 34.2 Å². The van der Waals surface area contributed by atoms with Gasteiger partial charge in [0.2, 0.25) is 0 Å². The lowest BCUT2D eigenvalue weighted by atomic mass is 10.1. The van der Waals surface area contributed by atoms with E-state index in [0.717, 1.165) is 39.1 Å². The second-order valence-corrected chi connectivity index (χ2v) is 8.12. The molecule has 32 heavy (non-hydrogen) atoms. The summed E-state index contributed by atoms with van der Waals surface area (Å²) >= 11 is 0. The van der Waals surface area contributed by atoms with E-state index in [0.29, 0.717) is 11.5 Å². The van der Waals surface area contributed by atoms with Crippen LogP contribution in [0.5, 0.6) is 0 Å². The molecule has 8 nitrogen and oxygen atoms in total. The molecule has 8 heteroatoms. The highest BCUT2D eigenvalue weighted by Crippen LogP contribution is 2.27. The normalized spacial score (nSPS) is 12.2. The third-order valence-corrected chi connectivity index (χ3v) is 5.36.